The van der Waals surface area contributed by atoms with Crippen molar-refractivity contribution in [1.82, 2.24) is 0 Å². The highest BCUT2D eigenvalue weighted by Gasteiger charge is 2.42. The Hall–Kier alpha value is -1.42. The van der Waals surface area contributed by atoms with Crippen molar-refractivity contribution in [3.05, 3.63) is 35.1 Å². The first-order valence-corrected chi connectivity index (χ1v) is 4.74. The molecule has 0 bridgehead atoms. The van der Waals surface area contributed by atoms with Crippen LogP contribution in [0.3, 0.4) is 0 Å². The monoisotopic (exact) mass is 209 g/mol. The van der Waals surface area contributed by atoms with Crippen molar-refractivity contribution in [2.75, 3.05) is 7.11 Å². The number of ether oxygens (including phenoxy) is 1. The molecular weight excluding hydrogens is 197 g/mol. The third-order valence-electron chi connectivity index (χ3n) is 2.72. The molecule has 0 unspecified atom stereocenters. The van der Waals surface area contributed by atoms with Crippen LogP contribution in [0.1, 0.15) is 28.8 Å². The fourth-order valence-corrected chi connectivity index (χ4v) is 1.57. The van der Waals surface area contributed by atoms with E-state index in [2.05, 4.69) is 4.74 Å². The average Bonchev–Trinajstić information content (AvgIpc) is 2.96. The Bertz CT molecular complexity index is 413. The summed E-state index contributed by atoms with van der Waals surface area (Å²) in [5.41, 5.74) is 6.05. The zero-order valence-electron chi connectivity index (χ0n) is 8.42. The number of rotatable bonds is 2. The molecule has 2 N–H and O–H groups in total. The van der Waals surface area contributed by atoms with Gasteiger partial charge in [0.1, 0.15) is 5.82 Å². The lowest BCUT2D eigenvalue weighted by atomic mass is 10.0. The number of hydrogen-bond donors (Lipinski definition) is 1. The van der Waals surface area contributed by atoms with E-state index in [9.17, 15) is 9.18 Å². The molecule has 3 nitrogen and oxygen atoms in total. The van der Waals surface area contributed by atoms with Gasteiger partial charge < -0.3 is 10.5 Å². The molecule has 0 saturated heterocycles. The second-order valence-corrected chi connectivity index (χ2v) is 3.84. The van der Waals surface area contributed by atoms with Gasteiger partial charge in [0, 0.05) is 11.1 Å². The molecule has 1 aliphatic carbocycles. The summed E-state index contributed by atoms with van der Waals surface area (Å²) in [7, 11) is 1.26. The molecule has 0 radical (unpaired) electrons. The van der Waals surface area contributed by atoms with Gasteiger partial charge in [-0.15, -0.1) is 0 Å². The first-order valence-electron chi connectivity index (χ1n) is 4.74. The van der Waals surface area contributed by atoms with Crippen molar-refractivity contribution in [3.8, 4) is 0 Å². The molecule has 0 aromatic heterocycles. The molecule has 1 aliphatic rings. The fraction of sp³-hybridized carbons (Fsp3) is 0.364. The largest absolute Gasteiger partial charge is 0.465 e. The summed E-state index contributed by atoms with van der Waals surface area (Å²) in [5, 5.41) is 0. The molecule has 4 heteroatoms. The van der Waals surface area contributed by atoms with Crippen LogP contribution in [0, 0.1) is 5.82 Å². The molecule has 0 heterocycles. The first-order chi connectivity index (χ1) is 7.07. The SMILES string of the molecule is COC(=O)c1ccc(C2(N)CC2)c(F)c1. The van der Waals surface area contributed by atoms with E-state index in [1.165, 1.54) is 19.2 Å². The third-order valence-corrected chi connectivity index (χ3v) is 2.72. The maximum absolute atomic E-state index is 13.6. The maximum atomic E-state index is 13.6. The minimum absolute atomic E-state index is 0.211. The van der Waals surface area contributed by atoms with Gasteiger partial charge in [-0.25, -0.2) is 9.18 Å². The number of hydrogen-bond acceptors (Lipinski definition) is 3. The fourth-order valence-electron chi connectivity index (χ4n) is 1.57. The highest BCUT2D eigenvalue weighted by Crippen LogP contribution is 2.43. The number of esters is 1. The van der Waals surface area contributed by atoms with Gasteiger partial charge in [0.05, 0.1) is 12.7 Å². The highest BCUT2D eigenvalue weighted by atomic mass is 19.1. The van der Waals surface area contributed by atoms with Gasteiger partial charge in [-0.1, -0.05) is 6.07 Å². The number of methoxy groups -OCH3 is 1. The topological polar surface area (TPSA) is 52.3 Å². The summed E-state index contributed by atoms with van der Waals surface area (Å²) < 4.78 is 18.1. The summed E-state index contributed by atoms with van der Waals surface area (Å²) in [5.74, 6) is -0.972. The number of benzene rings is 1. The van der Waals surface area contributed by atoms with E-state index in [0.29, 0.717) is 5.56 Å². The van der Waals surface area contributed by atoms with Crippen molar-refractivity contribution < 1.29 is 13.9 Å². The molecule has 15 heavy (non-hydrogen) atoms. The number of carbonyl (C=O) groups excluding carboxylic acids is 1. The second kappa shape index (κ2) is 3.31. The Kier molecular flexibility index (Phi) is 2.23. The third kappa shape index (κ3) is 1.72. The number of carbonyl (C=O) groups is 1. The Morgan fingerprint density at radius 2 is 2.20 bits per heavy atom. The van der Waals surface area contributed by atoms with Crippen LogP contribution < -0.4 is 5.73 Å². The van der Waals surface area contributed by atoms with Gasteiger partial charge in [-0.3, -0.25) is 0 Å². The molecule has 2 rings (SSSR count). The van der Waals surface area contributed by atoms with E-state index in [1.807, 2.05) is 0 Å². The average molecular weight is 209 g/mol. The Balaban J connectivity index is 2.35. The van der Waals surface area contributed by atoms with Crippen molar-refractivity contribution >= 4 is 5.97 Å². The van der Waals surface area contributed by atoms with Gasteiger partial charge in [-0.05, 0) is 25.0 Å². The predicted octanol–water partition coefficient (Wildman–Crippen LogP) is 1.56. The normalized spacial score (nSPS) is 17.3. The van der Waals surface area contributed by atoms with Crippen LogP contribution in [0.2, 0.25) is 0 Å². The minimum atomic E-state index is -0.540. The van der Waals surface area contributed by atoms with Crippen LogP contribution in [0.5, 0.6) is 0 Å². The van der Waals surface area contributed by atoms with E-state index in [1.54, 1.807) is 6.07 Å². The summed E-state index contributed by atoms with van der Waals surface area (Å²) in [4.78, 5) is 11.1. The molecule has 1 aromatic carbocycles. The molecular formula is C11H12FNO2. The van der Waals surface area contributed by atoms with Crippen molar-refractivity contribution in [2.24, 2.45) is 5.73 Å². The van der Waals surface area contributed by atoms with Crippen LogP contribution in [0.15, 0.2) is 18.2 Å². The van der Waals surface area contributed by atoms with Crippen LogP contribution in [0.25, 0.3) is 0 Å². The maximum Gasteiger partial charge on any atom is 0.337 e. The zero-order valence-corrected chi connectivity index (χ0v) is 8.42. The smallest absolute Gasteiger partial charge is 0.337 e. The lowest BCUT2D eigenvalue weighted by molar-refractivity contribution is 0.0600. The Labute approximate surface area is 87.0 Å². The lowest BCUT2D eigenvalue weighted by Gasteiger charge is -2.10. The Morgan fingerprint density at radius 1 is 1.53 bits per heavy atom. The van der Waals surface area contributed by atoms with Crippen molar-refractivity contribution in [1.29, 1.82) is 0 Å². The first kappa shape index (κ1) is 10.1. The highest BCUT2D eigenvalue weighted by molar-refractivity contribution is 5.89. The standard InChI is InChI=1S/C11H12FNO2/c1-15-10(14)7-2-3-8(9(12)6-7)11(13)4-5-11/h2-3,6H,4-5,13H2,1H3. The van der Waals surface area contributed by atoms with Crippen LogP contribution >= 0.6 is 0 Å². The van der Waals surface area contributed by atoms with Crippen LogP contribution in [0.4, 0.5) is 4.39 Å². The van der Waals surface area contributed by atoms with E-state index >= 15 is 0 Å². The summed E-state index contributed by atoms with van der Waals surface area (Å²) in [6, 6.07) is 4.28. The Morgan fingerprint density at radius 3 is 2.67 bits per heavy atom. The van der Waals surface area contributed by atoms with Crippen molar-refractivity contribution in [2.45, 2.75) is 18.4 Å². The van der Waals surface area contributed by atoms with Gasteiger partial charge in [0.15, 0.2) is 0 Å². The lowest BCUT2D eigenvalue weighted by Crippen LogP contribution is -2.20. The van der Waals surface area contributed by atoms with E-state index in [0.717, 1.165) is 12.8 Å². The zero-order chi connectivity index (χ0) is 11.1. The molecule has 80 valence electrons. The molecule has 0 spiro atoms. The minimum Gasteiger partial charge on any atom is -0.465 e. The van der Waals surface area contributed by atoms with Crippen LogP contribution in [-0.2, 0) is 10.3 Å². The number of nitrogens with two attached hydrogens (primary N) is 1. The molecule has 1 aromatic rings. The summed E-state index contributed by atoms with van der Waals surface area (Å²) in [6.45, 7) is 0. The van der Waals surface area contributed by atoms with Gasteiger partial charge in [0.25, 0.3) is 0 Å². The van der Waals surface area contributed by atoms with Gasteiger partial charge >= 0.3 is 5.97 Å². The van der Waals surface area contributed by atoms with Crippen molar-refractivity contribution in [3.63, 3.8) is 0 Å². The van der Waals surface area contributed by atoms with E-state index in [-0.39, 0.29) is 5.56 Å². The molecule has 1 fully saturated rings. The van der Waals surface area contributed by atoms with E-state index < -0.39 is 17.3 Å². The summed E-state index contributed by atoms with van der Waals surface area (Å²) in [6.07, 6.45) is 1.59. The van der Waals surface area contributed by atoms with Crippen LogP contribution in [-0.4, -0.2) is 13.1 Å². The molecule has 0 amide bonds. The predicted molar refractivity (Wildman–Crippen MR) is 52.8 cm³/mol. The van der Waals surface area contributed by atoms with E-state index in [4.69, 9.17) is 5.73 Å². The number of halogens is 1. The molecule has 0 atom stereocenters. The second-order valence-electron chi connectivity index (χ2n) is 3.84. The molecule has 0 aliphatic heterocycles. The quantitative estimate of drug-likeness (QED) is 0.752. The molecule has 1 saturated carbocycles. The van der Waals surface area contributed by atoms with Gasteiger partial charge in [0.2, 0.25) is 0 Å². The summed E-state index contributed by atoms with van der Waals surface area (Å²) >= 11 is 0. The van der Waals surface area contributed by atoms with Gasteiger partial charge in [-0.2, -0.15) is 0 Å².